The van der Waals surface area contributed by atoms with Crippen LogP contribution >= 0.6 is 0 Å². The summed E-state index contributed by atoms with van der Waals surface area (Å²) in [6, 6.07) is 12.0. The fraction of sp³-hybridized carbons (Fsp3) is 0.118. The van der Waals surface area contributed by atoms with Crippen LogP contribution in [0.25, 0.3) is 6.08 Å². The molecule has 0 fully saturated rings. The van der Waals surface area contributed by atoms with Crippen LogP contribution in [0.3, 0.4) is 0 Å². The molecule has 0 bridgehead atoms. The summed E-state index contributed by atoms with van der Waals surface area (Å²) in [5.74, 6) is -0.330. The number of anilines is 1. The number of carbonyl (C=O) groups is 1. The Bertz CT molecular complexity index is 731. The summed E-state index contributed by atoms with van der Waals surface area (Å²) in [5.41, 5.74) is 3.17. The molecule has 0 saturated heterocycles. The van der Waals surface area contributed by atoms with Crippen molar-refractivity contribution >= 4 is 23.4 Å². The fourth-order valence-corrected chi connectivity index (χ4v) is 2.19. The smallest absolute Gasteiger partial charge is 0.276 e. The van der Waals surface area contributed by atoms with Gasteiger partial charge in [-0.05, 0) is 49.2 Å². The van der Waals surface area contributed by atoms with Crippen molar-refractivity contribution in [3.63, 3.8) is 0 Å². The maximum Gasteiger partial charge on any atom is 0.276 e. The van der Waals surface area contributed by atoms with E-state index in [2.05, 4.69) is 5.32 Å². The highest BCUT2D eigenvalue weighted by Crippen LogP contribution is 2.19. The molecule has 1 N–H and O–H groups in total. The molecule has 112 valence electrons. The Balaban J connectivity index is 2.13. The highest BCUT2D eigenvalue weighted by atomic mass is 16.6. The van der Waals surface area contributed by atoms with E-state index < -0.39 is 4.92 Å². The molecule has 0 aliphatic heterocycles. The lowest BCUT2D eigenvalue weighted by atomic mass is 10.1. The SMILES string of the molecule is Cc1cc(C)cc(NC(=O)C=Cc2ccccc2[N+](=O)[O-])c1. The van der Waals surface area contributed by atoms with Crippen LogP contribution in [0.2, 0.25) is 0 Å². The van der Waals surface area contributed by atoms with Crippen LogP contribution in [-0.2, 0) is 4.79 Å². The van der Waals surface area contributed by atoms with E-state index in [-0.39, 0.29) is 11.6 Å². The van der Waals surface area contributed by atoms with Gasteiger partial charge in [-0.3, -0.25) is 14.9 Å². The lowest BCUT2D eigenvalue weighted by molar-refractivity contribution is -0.385. The van der Waals surface area contributed by atoms with Gasteiger partial charge in [0.05, 0.1) is 10.5 Å². The third-order valence-corrected chi connectivity index (χ3v) is 3.04. The zero-order valence-electron chi connectivity index (χ0n) is 12.4. The predicted octanol–water partition coefficient (Wildman–Crippen LogP) is 3.86. The molecule has 0 saturated carbocycles. The summed E-state index contributed by atoms with van der Waals surface area (Å²) >= 11 is 0. The molecule has 0 atom stereocenters. The van der Waals surface area contributed by atoms with Gasteiger partial charge in [-0.25, -0.2) is 0 Å². The molecule has 22 heavy (non-hydrogen) atoms. The van der Waals surface area contributed by atoms with Crippen LogP contribution in [0.5, 0.6) is 0 Å². The van der Waals surface area contributed by atoms with Gasteiger partial charge in [0.15, 0.2) is 0 Å². The van der Waals surface area contributed by atoms with Crippen LogP contribution < -0.4 is 5.32 Å². The molecule has 5 nitrogen and oxygen atoms in total. The van der Waals surface area contributed by atoms with E-state index in [0.717, 1.165) is 11.1 Å². The second-order valence-electron chi connectivity index (χ2n) is 5.01. The molecule has 0 heterocycles. The third kappa shape index (κ3) is 4.02. The van der Waals surface area contributed by atoms with Crippen LogP contribution in [0.4, 0.5) is 11.4 Å². The number of aryl methyl sites for hydroxylation is 2. The number of nitrogens with one attached hydrogen (secondary N) is 1. The minimum Gasteiger partial charge on any atom is -0.322 e. The predicted molar refractivity (Wildman–Crippen MR) is 86.7 cm³/mol. The summed E-state index contributed by atoms with van der Waals surface area (Å²) < 4.78 is 0. The van der Waals surface area contributed by atoms with E-state index in [9.17, 15) is 14.9 Å². The van der Waals surface area contributed by atoms with Gasteiger partial charge >= 0.3 is 0 Å². The van der Waals surface area contributed by atoms with Crippen molar-refractivity contribution in [2.24, 2.45) is 0 Å². The maximum atomic E-state index is 11.9. The summed E-state index contributed by atoms with van der Waals surface area (Å²) in [5, 5.41) is 13.7. The Morgan fingerprint density at radius 3 is 2.41 bits per heavy atom. The lowest BCUT2D eigenvalue weighted by Gasteiger charge is -2.05. The van der Waals surface area contributed by atoms with Crippen molar-refractivity contribution in [2.75, 3.05) is 5.32 Å². The average Bonchev–Trinajstić information content (AvgIpc) is 2.44. The number of hydrogen-bond donors (Lipinski definition) is 1. The van der Waals surface area contributed by atoms with Crippen LogP contribution in [0.15, 0.2) is 48.5 Å². The van der Waals surface area contributed by atoms with E-state index in [1.165, 1.54) is 18.2 Å². The molecule has 0 spiro atoms. The molecule has 0 unspecified atom stereocenters. The molecule has 0 aliphatic carbocycles. The Labute approximate surface area is 128 Å². The first-order valence-corrected chi connectivity index (χ1v) is 6.76. The molecule has 2 aromatic rings. The molecule has 2 rings (SSSR count). The Morgan fingerprint density at radius 2 is 1.77 bits per heavy atom. The monoisotopic (exact) mass is 296 g/mol. The summed E-state index contributed by atoms with van der Waals surface area (Å²) in [6.45, 7) is 3.90. The molecular weight excluding hydrogens is 280 g/mol. The number of hydrogen-bond acceptors (Lipinski definition) is 3. The first-order chi connectivity index (χ1) is 10.5. The Kier molecular flexibility index (Phi) is 4.68. The standard InChI is InChI=1S/C17H16N2O3/c1-12-9-13(2)11-15(10-12)18-17(20)8-7-14-5-3-4-6-16(14)19(21)22/h3-11H,1-2H3,(H,18,20). The van der Waals surface area contributed by atoms with E-state index in [4.69, 9.17) is 0 Å². The molecule has 5 heteroatoms. The van der Waals surface area contributed by atoms with Gasteiger partial charge in [-0.2, -0.15) is 0 Å². The first kappa shape index (κ1) is 15.4. The topological polar surface area (TPSA) is 72.2 Å². The second-order valence-corrected chi connectivity index (χ2v) is 5.01. The quantitative estimate of drug-likeness (QED) is 0.529. The van der Waals surface area contributed by atoms with Gasteiger partial charge in [0.25, 0.3) is 5.69 Å². The van der Waals surface area contributed by atoms with Crippen molar-refractivity contribution in [3.05, 3.63) is 75.3 Å². The minimum absolute atomic E-state index is 0.0297. The summed E-state index contributed by atoms with van der Waals surface area (Å²) in [4.78, 5) is 22.4. The normalized spacial score (nSPS) is 10.6. The number of rotatable bonds is 4. The minimum atomic E-state index is -0.471. The van der Waals surface area contributed by atoms with Crippen molar-refractivity contribution in [1.82, 2.24) is 0 Å². The molecule has 1 amide bonds. The van der Waals surface area contributed by atoms with Gasteiger partial charge in [0, 0.05) is 17.8 Å². The van der Waals surface area contributed by atoms with E-state index in [1.54, 1.807) is 18.2 Å². The zero-order chi connectivity index (χ0) is 16.1. The molecule has 2 aromatic carbocycles. The number of nitrogens with zero attached hydrogens (tertiary/aromatic N) is 1. The number of amides is 1. The van der Waals surface area contributed by atoms with Crippen molar-refractivity contribution in [2.45, 2.75) is 13.8 Å². The van der Waals surface area contributed by atoms with Crippen molar-refractivity contribution in [1.29, 1.82) is 0 Å². The van der Waals surface area contributed by atoms with E-state index >= 15 is 0 Å². The van der Waals surface area contributed by atoms with Crippen LogP contribution in [0.1, 0.15) is 16.7 Å². The molecule has 0 aliphatic rings. The zero-order valence-corrected chi connectivity index (χ0v) is 12.4. The van der Waals surface area contributed by atoms with Crippen LogP contribution in [-0.4, -0.2) is 10.8 Å². The summed E-state index contributed by atoms with van der Waals surface area (Å²) in [7, 11) is 0. The maximum absolute atomic E-state index is 11.9. The van der Waals surface area contributed by atoms with E-state index in [1.807, 2.05) is 32.0 Å². The fourth-order valence-electron chi connectivity index (χ4n) is 2.19. The summed E-state index contributed by atoms with van der Waals surface area (Å²) in [6.07, 6.45) is 2.73. The van der Waals surface area contributed by atoms with Gasteiger partial charge in [0.2, 0.25) is 5.91 Å². The number of para-hydroxylation sites is 1. The van der Waals surface area contributed by atoms with Crippen LogP contribution in [0, 0.1) is 24.0 Å². The van der Waals surface area contributed by atoms with Gasteiger partial charge < -0.3 is 5.32 Å². The first-order valence-electron chi connectivity index (χ1n) is 6.76. The Morgan fingerprint density at radius 1 is 1.14 bits per heavy atom. The van der Waals surface area contributed by atoms with Crippen molar-refractivity contribution < 1.29 is 9.72 Å². The lowest BCUT2D eigenvalue weighted by Crippen LogP contribution is -2.08. The average molecular weight is 296 g/mol. The van der Waals surface area contributed by atoms with E-state index in [0.29, 0.717) is 11.3 Å². The van der Waals surface area contributed by atoms with Gasteiger partial charge in [0.1, 0.15) is 0 Å². The third-order valence-electron chi connectivity index (χ3n) is 3.04. The number of nitro benzene ring substituents is 1. The highest BCUT2D eigenvalue weighted by molar-refractivity contribution is 6.02. The molecular formula is C17H16N2O3. The number of benzene rings is 2. The van der Waals surface area contributed by atoms with Gasteiger partial charge in [-0.15, -0.1) is 0 Å². The number of carbonyl (C=O) groups excluding carboxylic acids is 1. The molecule has 0 radical (unpaired) electrons. The second kappa shape index (κ2) is 6.67. The highest BCUT2D eigenvalue weighted by Gasteiger charge is 2.09. The van der Waals surface area contributed by atoms with Gasteiger partial charge in [-0.1, -0.05) is 18.2 Å². The number of nitro groups is 1. The molecule has 0 aromatic heterocycles. The Hall–Kier alpha value is -2.95. The largest absolute Gasteiger partial charge is 0.322 e. The van der Waals surface area contributed by atoms with Crippen molar-refractivity contribution in [3.8, 4) is 0 Å².